The number of rotatable bonds is 4. The third-order valence-electron chi connectivity index (χ3n) is 5.34. The molecule has 1 amide bonds. The Morgan fingerprint density at radius 1 is 1.29 bits per heavy atom. The summed E-state index contributed by atoms with van der Waals surface area (Å²) in [6, 6.07) is 8.60. The number of anilines is 1. The number of fused-ring (bicyclic) bond motifs is 1. The highest BCUT2D eigenvalue weighted by atomic mass is 32.2. The van der Waals surface area contributed by atoms with Gasteiger partial charge in [0, 0.05) is 25.6 Å². The fourth-order valence-electron chi connectivity index (χ4n) is 3.84. The number of benzene rings is 1. The third-order valence-corrected chi connectivity index (χ3v) is 6.84. The van der Waals surface area contributed by atoms with Crippen LogP contribution in [0.25, 0.3) is 0 Å². The molecule has 1 aromatic heterocycles. The van der Waals surface area contributed by atoms with E-state index in [0.29, 0.717) is 37.3 Å². The molecular weight excluding hydrogens is 380 g/mol. The fourth-order valence-corrected chi connectivity index (χ4v) is 5.22. The molecule has 2 aliphatic heterocycles. The molecule has 1 fully saturated rings. The second kappa shape index (κ2) is 7.56. The number of carbonyl (C=O) groups is 1. The van der Waals surface area contributed by atoms with Crippen LogP contribution in [-0.2, 0) is 16.4 Å². The van der Waals surface area contributed by atoms with Crippen LogP contribution in [-0.4, -0.2) is 43.6 Å². The highest BCUT2D eigenvalue weighted by molar-refractivity contribution is 7.89. The Morgan fingerprint density at radius 3 is 2.79 bits per heavy atom. The van der Waals surface area contributed by atoms with Crippen molar-refractivity contribution < 1.29 is 17.7 Å². The van der Waals surface area contributed by atoms with Gasteiger partial charge in [-0.05, 0) is 37.3 Å². The lowest BCUT2D eigenvalue weighted by Gasteiger charge is -2.38. The predicted molar refractivity (Wildman–Crippen MR) is 103 cm³/mol. The standard InChI is InChI=1S/C19H24N4O4S/c1-2-5-14-12-16(21-27-14)19(24)23-10-8-13(9-11-23)18-20-15-6-3-4-7-17(15)28(25,26)22-18/h3-4,6-7,12-13,18,20,22H,2,5,8-11H2,1H3/t18-/m0/s1. The molecule has 0 radical (unpaired) electrons. The molecule has 0 unspecified atom stereocenters. The van der Waals surface area contributed by atoms with E-state index in [4.69, 9.17) is 4.52 Å². The van der Waals surface area contributed by atoms with Crippen LogP contribution in [0.1, 0.15) is 42.4 Å². The van der Waals surface area contributed by atoms with Crippen molar-refractivity contribution in [1.82, 2.24) is 14.8 Å². The Bertz CT molecular complexity index is 964. The van der Waals surface area contributed by atoms with Gasteiger partial charge >= 0.3 is 0 Å². The highest BCUT2D eigenvalue weighted by Crippen LogP contribution is 2.31. The molecule has 0 bridgehead atoms. The maximum atomic E-state index is 12.6. The highest BCUT2D eigenvalue weighted by Gasteiger charge is 2.36. The summed E-state index contributed by atoms with van der Waals surface area (Å²) >= 11 is 0. The van der Waals surface area contributed by atoms with Crippen molar-refractivity contribution in [3.05, 3.63) is 41.8 Å². The minimum absolute atomic E-state index is 0.0974. The zero-order valence-corrected chi connectivity index (χ0v) is 16.5. The summed E-state index contributed by atoms with van der Waals surface area (Å²) in [4.78, 5) is 14.7. The van der Waals surface area contributed by atoms with Crippen LogP contribution in [0.15, 0.2) is 39.8 Å². The zero-order chi connectivity index (χ0) is 19.7. The van der Waals surface area contributed by atoms with Gasteiger partial charge in [-0.1, -0.05) is 24.2 Å². The van der Waals surface area contributed by atoms with Crippen molar-refractivity contribution >= 4 is 21.6 Å². The molecule has 9 heteroatoms. The predicted octanol–water partition coefficient (Wildman–Crippen LogP) is 2.21. The van der Waals surface area contributed by atoms with Crippen LogP contribution in [0.2, 0.25) is 0 Å². The number of sulfonamides is 1. The average Bonchev–Trinajstić information content (AvgIpc) is 3.16. The van der Waals surface area contributed by atoms with Gasteiger partial charge < -0.3 is 14.7 Å². The quantitative estimate of drug-likeness (QED) is 0.810. The fraction of sp³-hybridized carbons (Fsp3) is 0.474. The number of aromatic nitrogens is 1. The monoisotopic (exact) mass is 404 g/mol. The van der Waals surface area contributed by atoms with E-state index in [0.717, 1.165) is 18.6 Å². The van der Waals surface area contributed by atoms with Gasteiger partial charge in [-0.2, -0.15) is 4.72 Å². The first kappa shape index (κ1) is 18.9. The second-order valence-electron chi connectivity index (χ2n) is 7.30. The Morgan fingerprint density at radius 2 is 2.04 bits per heavy atom. The summed E-state index contributed by atoms with van der Waals surface area (Å²) in [5.74, 6) is 0.687. The smallest absolute Gasteiger partial charge is 0.276 e. The normalized spacial score (nSPS) is 21.8. The molecule has 2 aliphatic rings. The number of amides is 1. The first-order valence-corrected chi connectivity index (χ1v) is 11.1. The molecule has 150 valence electrons. The van der Waals surface area contributed by atoms with E-state index < -0.39 is 10.0 Å². The molecule has 4 rings (SSSR count). The molecule has 1 saturated heterocycles. The van der Waals surface area contributed by atoms with E-state index in [2.05, 4.69) is 15.2 Å². The molecule has 1 aromatic carbocycles. The molecular formula is C19H24N4O4S. The second-order valence-corrected chi connectivity index (χ2v) is 8.98. The van der Waals surface area contributed by atoms with Gasteiger partial charge in [0.15, 0.2) is 5.69 Å². The number of likely N-dealkylation sites (tertiary alicyclic amines) is 1. The summed E-state index contributed by atoms with van der Waals surface area (Å²) in [6.07, 6.45) is 2.72. The number of piperidine rings is 1. The SMILES string of the molecule is CCCc1cc(C(=O)N2CCC([C@H]3Nc4ccccc4S(=O)(=O)N3)CC2)no1. The molecule has 0 spiro atoms. The first-order valence-electron chi connectivity index (χ1n) is 9.60. The number of nitrogens with zero attached hydrogens (tertiary/aromatic N) is 2. The van der Waals surface area contributed by atoms with Crippen LogP contribution in [0, 0.1) is 5.92 Å². The van der Waals surface area contributed by atoms with E-state index in [1.165, 1.54) is 0 Å². The maximum absolute atomic E-state index is 12.6. The largest absolute Gasteiger partial charge is 0.368 e. The number of hydrogen-bond donors (Lipinski definition) is 2. The molecule has 0 aliphatic carbocycles. The van der Waals surface area contributed by atoms with Gasteiger partial charge in [0.2, 0.25) is 10.0 Å². The third kappa shape index (κ3) is 3.64. The van der Waals surface area contributed by atoms with Crippen LogP contribution < -0.4 is 10.0 Å². The van der Waals surface area contributed by atoms with Crippen molar-refractivity contribution in [2.24, 2.45) is 5.92 Å². The van der Waals surface area contributed by atoms with Crippen molar-refractivity contribution in [2.75, 3.05) is 18.4 Å². The van der Waals surface area contributed by atoms with Gasteiger partial charge in [-0.25, -0.2) is 8.42 Å². The van der Waals surface area contributed by atoms with Gasteiger partial charge in [0.25, 0.3) is 5.91 Å². The van der Waals surface area contributed by atoms with Crippen molar-refractivity contribution in [3.8, 4) is 0 Å². The minimum Gasteiger partial charge on any atom is -0.368 e. The van der Waals surface area contributed by atoms with Crippen LogP contribution >= 0.6 is 0 Å². The molecule has 8 nitrogen and oxygen atoms in total. The molecule has 1 atom stereocenters. The van der Waals surface area contributed by atoms with E-state index in [9.17, 15) is 13.2 Å². The van der Waals surface area contributed by atoms with Crippen molar-refractivity contribution in [1.29, 1.82) is 0 Å². The van der Waals surface area contributed by atoms with Gasteiger partial charge in [-0.15, -0.1) is 0 Å². The number of hydrogen-bond acceptors (Lipinski definition) is 6. The molecule has 3 heterocycles. The Labute approximate surface area is 164 Å². The Balaban J connectivity index is 1.40. The average molecular weight is 404 g/mol. The summed E-state index contributed by atoms with van der Waals surface area (Å²) in [5, 5.41) is 7.19. The summed E-state index contributed by atoms with van der Waals surface area (Å²) in [6.45, 7) is 3.16. The van der Waals surface area contributed by atoms with Crippen molar-refractivity contribution in [2.45, 2.75) is 43.7 Å². The Hall–Kier alpha value is -2.39. The lowest BCUT2D eigenvalue weighted by atomic mass is 9.93. The lowest BCUT2D eigenvalue weighted by molar-refractivity contribution is 0.0669. The molecule has 2 N–H and O–H groups in total. The van der Waals surface area contributed by atoms with Crippen LogP contribution in [0.5, 0.6) is 0 Å². The Kier molecular flexibility index (Phi) is 5.11. The topological polar surface area (TPSA) is 105 Å². The number of nitrogens with one attached hydrogen (secondary N) is 2. The summed E-state index contributed by atoms with van der Waals surface area (Å²) in [7, 11) is -3.53. The van der Waals surface area contributed by atoms with E-state index in [-0.39, 0.29) is 22.9 Å². The first-order chi connectivity index (χ1) is 13.5. The van der Waals surface area contributed by atoms with Gasteiger partial charge in [0.1, 0.15) is 10.7 Å². The number of para-hydroxylation sites is 1. The summed E-state index contributed by atoms with van der Waals surface area (Å²) < 4.78 is 33.0. The molecule has 28 heavy (non-hydrogen) atoms. The minimum atomic E-state index is -3.53. The van der Waals surface area contributed by atoms with Crippen molar-refractivity contribution in [3.63, 3.8) is 0 Å². The van der Waals surface area contributed by atoms with Crippen LogP contribution in [0.4, 0.5) is 5.69 Å². The number of aryl methyl sites for hydroxylation is 1. The molecule has 2 aromatic rings. The van der Waals surface area contributed by atoms with E-state index in [1.807, 2.05) is 13.0 Å². The summed E-state index contributed by atoms with van der Waals surface area (Å²) in [5.41, 5.74) is 0.961. The molecule has 0 saturated carbocycles. The lowest BCUT2D eigenvalue weighted by Crippen LogP contribution is -2.52. The van der Waals surface area contributed by atoms with Gasteiger partial charge in [-0.3, -0.25) is 4.79 Å². The zero-order valence-electron chi connectivity index (χ0n) is 15.7. The van der Waals surface area contributed by atoms with E-state index >= 15 is 0 Å². The maximum Gasteiger partial charge on any atom is 0.276 e. The van der Waals surface area contributed by atoms with E-state index in [1.54, 1.807) is 29.2 Å². The number of carbonyl (C=O) groups excluding carboxylic acids is 1. The van der Waals surface area contributed by atoms with Gasteiger partial charge in [0.05, 0.1) is 11.9 Å². The van der Waals surface area contributed by atoms with Crippen LogP contribution in [0.3, 0.4) is 0 Å².